The van der Waals surface area contributed by atoms with Gasteiger partial charge in [-0.15, -0.1) is 0 Å². The van der Waals surface area contributed by atoms with Crippen LogP contribution in [0.25, 0.3) is 0 Å². The van der Waals surface area contributed by atoms with Crippen molar-refractivity contribution in [2.24, 2.45) is 0 Å². The van der Waals surface area contributed by atoms with Crippen LogP contribution in [0.3, 0.4) is 0 Å². The second-order valence-electron chi connectivity index (χ2n) is 10.1. The van der Waals surface area contributed by atoms with Gasteiger partial charge in [0.2, 0.25) is 12.8 Å². The fourth-order valence-corrected chi connectivity index (χ4v) is 6.73. The molecule has 3 aromatic rings. The van der Waals surface area contributed by atoms with Crippen molar-refractivity contribution in [3.05, 3.63) is 89.0 Å². The average Bonchev–Trinajstić information content (AvgIpc) is 3.04. The van der Waals surface area contributed by atoms with E-state index in [0.717, 1.165) is 15.9 Å². The number of nitrogens with zero attached hydrogens (tertiary/aromatic N) is 6. The Hall–Kier alpha value is -5.05. The number of aryl methyl sites for hydroxylation is 2. The highest BCUT2D eigenvalue weighted by atomic mass is 33.1. The quantitative estimate of drug-likeness (QED) is 0.0804. The highest BCUT2D eigenvalue weighted by Gasteiger charge is 2.18. The van der Waals surface area contributed by atoms with Crippen molar-refractivity contribution in [2.75, 3.05) is 24.7 Å². The first-order valence-electron chi connectivity index (χ1n) is 14.4. The highest BCUT2D eigenvalue weighted by Crippen LogP contribution is 2.42. The van der Waals surface area contributed by atoms with Gasteiger partial charge in [-0.3, -0.25) is 19.4 Å². The highest BCUT2D eigenvalue weighted by molar-refractivity contribution is 8.79. The summed E-state index contributed by atoms with van der Waals surface area (Å²) < 4.78 is 0. The van der Waals surface area contributed by atoms with Crippen molar-refractivity contribution >= 4 is 52.0 Å². The van der Waals surface area contributed by atoms with Gasteiger partial charge in [0.1, 0.15) is 29.0 Å². The molecule has 0 spiro atoms. The van der Waals surface area contributed by atoms with Gasteiger partial charge in [0.15, 0.2) is 0 Å². The number of aromatic carboxylic acids is 1. The van der Waals surface area contributed by atoms with Gasteiger partial charge in [0.25, 0.3) is 5.56 Å². The Bertz CT molecular complexity index is 1690. The molecule has 0 aliphatic rings. The van der Waals surface area contributed by atoms with Crippen LogP contribution in [0.1, 0.15) is 60.0 Å². The largest absolute Gasteiger partial charge is 0.477 e. The van der Waals surface area contributed by atoms with Crippen LogP contribution in [0, 0.1) is 13.8 Å². The van der Waals surface area contributed by atoms with Crippen molar-refractivity contribution in [1.82, 2.24) is 39.7 Å². The van der Waals surface area contributed by atoms with Gasteiger partial charge in [-0.1, -0.05) is 21.6 Å². The van der Waals surface area contributed by atoms with Gasteiger partial charge in [-0.2, -0.15) is 0 Å². The van der Waals surface area contributed by atoms with Gasteiger partial charge < -0.3 is 41.6 Å². The molecule has 0 saturated heterocycles. The number of aromatic amines is 2. The second-order valence-corrected chi connectivity index (χ2v) is 12.4. The maximum atomic E-state index is 12.0. The number of carbonyl (C=O) groups excluding carboxylic acids is 2. The maximum Gasteiger partial charge on any atom is 0.352 e. The lowest BCUT2D eigenvalue weighted by Gasteiger charge is -2.24. The van der Waals surface area contributed by atoms with Crippen LogP contribution in [0.4, 0.5) is 11.6 Å². The number of H-pyrrole nitrogens is 2. The van der Waals surface area contributed by atoms with E-state index in [1.807, 2.05) is 9.97 Å². The summed E-state index contributed by atoms with van der Waals surface area (Å²) in [6, 6.07) is 0.795. The number of hydrogen-bond acceptors (Lipinski definition) is 15. The molecule has 49 heavy (non-hydrogen) atoms. The molecule has 3 rings (SSSR count). The SMILES string of the molecule is C/C(=C(\CCO)SS/C(CCO)=C(/C)N(C=O)Cc1cnc(C)nc1N)N(C=O)Cc1cnc(C)nc1N.O=C(O)c1cc(=O)[nH]c(=O)[nH]1. The molecule has 3 heterocycles. The number of anilines is 2. The normalized spacial score (nSPS) is 11.8. The summed E-state index contributed by atoms with van der Waals surface area (Å²) >= 11 is 0. The molecule has 18 nitrogen and oxygen atoms in total. The zero-order valence-electron chi connectivity index (χ0n) is 27.2. The second kappa shape index (κ2) is 19.7. The van der Waals surface area contributed by atoms with E-state index in [1.165, 1.54) is 31.4 Å². The number of aliphatic hydroxyl groups excluding tert-OH is 2. The first kappa shape index (κ1) is 40.1. The predicted molar refractivity (Wildman–Crippen MR) is 184 cm³/mol. The standard InChI is InChI=1S/C24H34N8O4S2.C5H4N2O4/c1-15(31(13-35)11-19-9-27-17(3)29-23(19)25)21(5-7-33)37-38-22(6-8-34)16(2)32(14-36)12-20-10-28-18(4)30-24(20)26;8-3-1-2(4(9)10)6-5(11)7-3/h9-10,13-14,33-34H,5-8,11-12H2,1-4H3,(H2,25,27,29)(H2,26,28,30);1H,(H,9,10)(H2,6,7,8,11)/b21-15-,22-16-;. The number of carboxylic acid groups (broad SMARTS) is 1. The molecule has 9 N–H and O–H groups in total. The maximum absolute atomic E-state index is 12.0. The smallest absolute Gasteiger partial charge is 0.352 e. The zero-order chi connectivity index (χ0) is 36.7. The van der Waals surface area contributed by atoms with Crippen molar-refractivity contribution in [2.45, 2.75) is 53.6 Å². The summed E-state index contributed by atoms with van der Waals surface area (Å²) in [5.41, 5.74) is 12.5. The van der Waals surface area contributed by atoms with Crippen molar-refractivity contribution in [1.29, 1.82) is 0 Å². The Labute approximate surface area is 288 Å². The van der Waals surface area contributed by atoms with Gasteiger partial charge in [0.05, 0.1) is 13.1 Å². The topological polar surface area (TPSA) is 288 Å². The Morgan fingerprint density at radius 2 is 1.27 bits per heavy atom. The number of aromatic nitrogens is 6. The molecule has 0 aliphatic carbocycles. The average molecular weight is 719 g/mol. The van der Waals surface area contributed by atoms with Crippen molar-refractivity contribution in [3.8, 4) is 0 Å². The van der Waals surface area contributed by atoms with Gasteiger partial charge in [0, 0.05) is 76.8 Å². The molecule has 0 bridgehead atoms. The van der Waals surface area contributed by atoms with Crippen molar-refractivity contribution < 1.29 is 29.7 Å². The first-order valence-corrected chi connectivity index (χ1v) is 16.5. The summed E-state index contributed by atoms with van der Waals surface area (Å²) in [6.07, 6.45) is 5.15. The Balaban J connectivity index is 0.000000639. The number of rotatable bonds is 16. The summed E-state index contributed by atoms with van der Waals surface area (Å²) in [7, 11) is 2.69. The number of aliphatic hydroxyl groups is 2. The molecule has 0 aliphatic heterocycles. The summed E-state index contributed by atoms with van der Waals surface area (Å²) in [5, 5.41) is 27.7. The Morgan fingerprint density at radius 3 is 1.59 bits per heavy atom. The van der Waals surface area contributed by atoms with Crippen LogP contribution in [-0.4, -0.2) is 87.0 Å². The van der Waals surface area contributed by atoms with E-state index in [0.29, 0.717) is 71.5 Å². The van der Waals surface area contributed by atoms with Crippen LogP contribution < -0.4 is 22.7 Å². The van der Waals surface area contributed by atoms with Crippen LogP contribution in [-0.2, 0) is 22.7 Å². The number of nitrogen functional groups attached to an aromatic ring is 2. The molecular formula is C29H38N10O8S2. The van der Waals surface area contributed by atoms with Gasteiger partial charge in [-0.05, 0) is 27.7 Å². The number of nitrogens with one attached hydrogen (secondary N) is 2. The molecule has 0 radical (unpaired) electrons. The fraction of sp³-hybridized carbons (Fsp3) is 0.345. The summed E-state index contributed by atoms with van der Waals surface area (Å²) in [5.74, 6) is 0.308. The van der Waals surface area contributed by atoms with E-state index >= 15 is 0 Å². The number of amides is 2. The first-order chi connectivity index (χ1) is 23.2. The molecule has 2 amide bonds. The van der Waals surface area contributed by atoms with Gasteiger partial charge in [-0.25, -0.2) is 29.5 Å². The molecule has 3 aromatic heterocycles. The fourth-order valence-electron chi connectivity index (χ4n) is 3.88. The monoisotopic (exact) mass is 718 g/mol. The third kappa shape index (κ3) is 12.5. The molecule has 264 valence electrons. The predicted octanol–water partition coefficient (Wildman–Crippen LogP) is 1.04. The lowest BCUT2D eigenvalue weighted by Crippen LogP contribution is -2.24. The molecular weight excluding hydrogens is 681 g/mol. The number of carboxylic acids is 1. The van der Waals surface area contributed by atoms with Crippen LogP contribution >= 0.6 is 21.6 Å². The van der Waals surface area contributed by atoms with E-state index in [4.69, 9.17) is 16.6 Å². The van der Waals surface area contributed by atoms with E-state index in [1.54, 1.807) is 40.1 Å². The minimum Gasteiger partial charge on any atom is -0.477 e. The number of carbonyl (C=O) groups is 3. The van der Waals surface area contributed by atoms with Crippen LogP contribution in [0.2, 0.25) is 0 Å². The molecule has 20 heteroatoms. The molecule has 0 saturated carbocycles. The number of hydrogen-bond donors (Lipinski definition) is 7. The molecule has 0 atom stereocenters. The summed E-state index contributed by atoms with van der Waals surface area (Å²) in [6.45, 7) is 7.08. The molecule has 0 fully saturated rings. The van der Waals surface area contributed by atoms with E-state index in [9.17, 15) is 34.2 Å². The number of nitrogens with two attached hydrogens (primary N) is 2. The minimum atomic E-state index is -1.34. The van der Waals surface area contributed by atoms with Gasteiger partial charge >= 0.3 is 11.7 Å². The van der Waals surface area contributed by atoms with E-state index in [-0.39, 0.29) is 26.3 Å². The third-order valence-corrected chi connectivity index (χ3v) is 9.49. The van der Waals surface area contributed by atoms with Crippen molar-refractivity contribution in [3.63, 3.8) is 0 Å². The number of allylic oxidation sites excluding steroid dienone is 2. The van der Waals surface area contributed by atoms with Crippen LogP contribution in [0.15, 0.2) is 49.3 Å². The van der Waals surface area contributed by atoms with E-state index in [2.05, 4.69) is 19.9 Å². The minimum absolute atomic E-state index is 0.131. The molecule has 0 aromatic carbocycles. The lowest BCUT2D eigenvalue weighted by atomic mass is 10.2. The third-order valence-electron chi connectivity index (χ3n) is 6.55. The Kier molecular flexibility index (Phi) is 16.1. The lowest BCUT2D eigenvalue weighted by molar-refractivity contribution is -0.117. The molecule has 0 unspecified atom stereocenters. The van der Waals surface area contributed by atoms with Crippen LogP contribution in [0.5, 0.6) is 0 Å². The van der Waals surface area contributed by atoms with E-state index < -0.39 is 22.9 Å². The zero-order valence-corrected chi connectivity index (χ0v) is 28.8. The Morgan fingerprint density at radius 1 is 0.837 bits per heavy atom. The summed E-state index contributed by atoms with van der Waals surface area (Å²) in [4.78, 5) is 79.8.